The van der Waals surface area contributed by atoms with Crippen molar-refractivity contribution in [2.75, 3.05) is 18.8 Å². The molecule has 0 atom stereocenters. The third-order valence-corrected chi connectivity index (χ3v) is 4.43. The number of carbonyl (C=O) groups is 2. The highest BCUT2D eigenvalue weighted by atomic mass is 32.2. The van der Waals surface area contributed by atoms with Gasteiger partial charge in [-0.25, -0.2) is 8.42 Å². The second-order valence-electron chi connectivity index (χ2n) is 4.23. The van der Waals surface area contributed by atoms with Crippen molar-refractivity contribution >= 4 is 27.5 Å². The van der Waals surface area contributed by atoms with Gasteiger partial charge in [0.25, 0.3) is 0 Å². The minimum absolute atomic E-state index is 0.0609. The van der Waals surface area contributed by atoms with Crippen molar-refractivity contribution in [1.29, 1.82) is 0 Å². The summed E-state index contributed by atoms with van der Waals surface area (Å²) in [6.45, 7) is 0.292. The number of nitrogens with two attached hydrogens (primary N) is 3. The molecule has 1 aromatic rings. The molecular formula is C11H16N4O4S. The number of sulfonamides is 1. The summed E-state index contributed by atoms with van der Waals surface area (Å²) in [5.74, 6) is -1.77. The molecule has 0 saturated carbocycles. The van der Waals surface area contributed by atoms with E-state index in [1.165, 1.54) is 18.2 Å². The third kappa shape index (κ3) is 3.68. The van der Waals surface area contributed by atoms with E-state index in [1.54, 1.807) is 6.92 Å². The highest BCUT2D eigenvalue weighted by Gasteiger charge is 2.28. The number of nitrogens with zero attached hydrogens (tertiary/aromatic N) is 1. The molecule has 0 bridgehead atoms. The van der Waals surface area contributed by atoms with Crippen molar-refractivity contribution in [3.63, 3.8) is 0 Å². The first-order valence-electron chi connectivity index (χ1n) is 5.57. The van der Waals surface area contributed by atoms with Crippen LogP contribution in [0, 0.1) is 6.92 Å². The first-order chi connectivity index (χ1) is 9.14. The van der Waals surface area contributed by atoms with E-state index in [2.05, 4.69) is 0 Å². The van der Waals surface area contributed by atoms with E-state index in [0.717, 1.165) is 0 Å². The Morgan fingerprint density at radius 1 is 1.15 bits per heavy atom. The number of hydrogen-bond donors (Lipinski definition) is 3. The SMILES string of the molecule is Cc1cc(N)ccc1S(=O)(=O)N(CC(N)=O)CC(N)=O. The lowest BCUT2D eigenvalue weighted by Gasteiger charge is -2.20. The fourth-order valence-electron chi connectivity index (χ4n) is 1.67. The van der Waals surface area contributed by atoms with Gasteiger partial charge in [-0.2, -0.15) is 4.31 Å². The van der Waals surface area contributed by atoms with Crippen molar-refractivity contribution in [3.05, 3.63) is 23.8 Å². The van der Waals surface area contributed by atoms with Crippen molar-refractivity contribution in [1.82, 2.24) is 4.31 Å². The Kier molecular flexibility index (Phi) is 4.69. The Bertz CT molecular complexity index is 626. The highest BCUT2D eigenvalue weighted by Crippen LogP contribution is 2.21. The van der Waals surface area contributed by atoms with Gasteiger partial charge < -0.3 is 17.2 Å². The first-order valence-corrected chi connectivity index (χ1v) is 7.01. The minimum atomic E-state index is -4.06. The van der Waals surface area contributed by atoms with Gasteiger partial charge in [-0.05, 0) is 30.7 Å². The molecule has 0 heterocycles. The lowest BCUT2D eigenvalue weighted by Crippen LogP contribution is -2.43. The predicted molar refractivity (Wildman–Crippen MR) is 72.7 cm³/mol. The van der Waals surface area contributed by atoms with E-state index in [-0.39, 0.29) is 4.90 Å². The minimum Gasteiger partial charge on any atom is -0.399 e. The number of benzene rings is 1. The van der Waals surface area contributed by atoms with E-state index >= 15 is 0 Å². The molecule has 0 radical (unpaired) electrons. The number of aryl methyl sites for hydroxylation is 1. The maximum absolute atomic E-state index is 12.4. The second kappa shape index (κ2) is 5.88. The zero-order valence-electron chi connectivity index (χ0n) is 10.9. The van der Waals surface area contributed by atoms with Crippen LogP contribution in [0.15, 0.2) is 23.1 Å². The molecule has 6 N–H and O–H groups in total. The lowest BCUT2D eigenvalue weighted by molar-refractivity contribution is -0.120. The summed E-state index contributed by atoms with van der Waals surface area (Å²) < 4.78 is 25.4. The largest absolute Gasteiger partial charge is 0.399 e. The summed E-state index contributed by atoms with van der Waals surface area (Å²) in [6, 6.07) is 4.18. The van der Waals surface area contributed by atoms with E-state index < -0.39 is 34.9 Å². The molecule has 0 aliphatic rings. The van der Waals surface area contributed by atoms with Crippen LogP contribution in [-0.4, -0.2) is 37.6 Å². The van der Waals surface area contributed by atoms with Gasteiger partial charge in [-0.1, -0.05) is 0 Å². The van der Waals surface area contributed by atoms with Crippen molar-refractivity contribution in [3.8, 4) is 0 Å². The number of nitrogen functional groups attached to an aromatic ring is 1. The fourth-order valence-corrected chi connectivity index (χ4v) is 3.25. The number of rotatable bonds is 6. The van der Waals surface area contributed by atoms with Crippen molar-refractivity contribution in [2.45, 2.75) is 11.8 Å². The Balaban J connectivity index is 3.28. The number of anilines is 1. The van der Waals surface area contributed by atoms with Crippen LogP contribution in [0.4, 0.5) is 5.69 Å². The molecular weight excluding hydrogens is 284 g/mol. The molecule has 0 aromatic heterocycles. The van der Waals surface area contributed by atoms with E-state index in [1.807, 2.05) is 0 Å². The topological polar surface area (TPSA) is 150 Å². The molecule has 110 valence electrons. The first kappa shape index (κ1) is 15.9. The summed E-state index contributed by atoms with van der Waals surface area (Å²) in [5, 5.41) is 0. The second-order valence-corrected chi connectivity index (χ2v) is 6.14. The van der Waals surface area contributed by atoms with Gasteiger partial charge in [0.2, 0.25) is 21.8 Å². The van der Waals surface area contributed by atoms with Crippen LogP contribution in [0.3, 0.4) is 0 Å². The van der Waals surface area contributed by atoms with Crippen LogP contribution in [0.5, 0.6) is 0 Å². The van der Waals surface area contributed by atoms with Crippen LogP contribution in [-0.2, 0) is 19.6 Å². The molecule has 0 fully saturated rings. The van der Waals surface area contributed by atoms with Crippen LogP contribution in [0.25, 0.3) is 0 Å². The van der Waals surface area contributed by atoms with E-state index in [0.29, 0.717) is 15.6 Å². The maximum Gasteiger partial charge on any atom is 0.244 e. The summed E-state index contributed by atoms with van der Waals surface area (Å²) >= 11 is 0. The molecule has 1 aromatic carbocycles. The smallest absolute Gasteiger partial charge is 0.244 e. The Morgan fingerprint density at radius 3 is 2.05 bits per heavy atom. The van der Waals surface area contributed by atoms with Gasteiger partial charge in [0.05, 0.1) is 18.0 Å². The molecule has 2 amide bonds. The van der Waals surface area contributed by atoms with Gasteiger partial charge >= 0.3 is 0 Å². The summed E-state index contributed by atoms with van der Waals surface area (Å²) in [7, 11) is -4.06. The van der Waals surface area contributed by atoms with Crippen molar-refractivity contribution in [2.24, 2.45) is 11.5 Å². The average molecular weight is 300 g/mol. The number of amides is 2. The average Bonchev–Trinajstić information content (AvgIpc) is 2.26. The monoisotopic (exact) mass is 300 g/mol. The van der Waals surface area contributed by atoms with Gasteiger partial charge in [-0.3, -0.25) is 9.59 Å². The Labute approximate surface area is 116 Å². The number of primary amides is 2. The van der Waals surface area contributed by atoms with E-state index in [9.17, 15) is 18.0 Å². The molecule has 1 rings (SSSR count). The third-order valence-electron chi connectivity index (χ3n) is 2.48. The molecule has 0 aliphatic carbocycles. The Morgan fingerprint density at radius 2 is 1.65 bits per heavy atom. The van der Waals surface area contributed by atoms with Crippen molar-refractivity contribution < 1.29 is 18.0 Å². The number of hydrogen-bond acceptors (Lipinski definition) is 5. The van der Waals surface area contributed by atoms with E-state index in [4.69, 9.17) is 17.2 Å². The van der Waals surface area contributed by atoms with Gasteiger partial charge in [0.15, 0.2) is 0 Å². The zero-order valence-corrected chi connectivity index (χ0v) is 11.7. The summed E-state index contributed by atoms with van der Waals surface area (Å²) in [6.07, 6.45) is 0. The molecule has 8 nitrogen and oxygen atoms in total. The quantitative estimate of drug-likeness (QED) is 0.549. The standard InChI is InChI=1S/C11H16N4O4S/c1-7-4-8(12)2-3-9(7)20(18,19)15(5-10(13)16)6-11(14)17/h2-4H,5-6,12H2,1H3,(H2,13,16)(H2,14,17). The zero-order chi connectivity index (χ0) is 15.5. The molecule has 20 heavy (non-hydrogen) atoms. The van der Waals surface area contributed by atoms with Crippen LogP contribution < -0.4 is 17.2 Å². The molecule has 0 aliphatic heterocycles. The molecule has 0 spiro atoms. The molecule has 9 heteroatoms. The lowest BCUT2D eigenvalue weighted by atomic mass is 10.2. The van der Waals surface area contributed by atoms with Gasteiger partial charge in [0.1, 0.15) is 0 Å². The van der Waals surface area contributed by atoms with Crippen LogP contribution in [0.1, 0.15) is 5.56 Å². The maximum atomic E-state index is 12.4. The highest BCUT2D eigenvalue weighted by molar-refractivity contribution is 7.89. The van der Waals surface area contributed by atoms with Gasteiger partial charge in [0, 0.05) is 5.69 Å². The Hall–Kier alpha value is -2.13. The predicted octanol–water partition coefficient (Wildman–Crippen LogP) is -1.46. The fraction of sp³-hybridized carbons (Fsp3) is 0.273. The number of carbonyl (C=O) groups excluding carboxylic acids is 2. The summed E-state index contributed by atoms with van der Waals surface area (Å²) in [5.41, 5.74) is 16.3. The van der Waals surface area contributed by atoms with Gasteiger partial charge in [-0.15, -0.1) is 0 Å². The van der Waals surface area contributed by atoms with Crippen LogP contribution in [0.2, 0.25) is 0 Å². The summed E-state index contributed by atoms with van der Waals surface area (Å²) in [4.78, 5) is 21.8. The van der Waals surface area contributed by atoms with Crippen LogP contribution >= 0.6 is 0 Å². The molecule has 0 saturated heterocycles. The molecule has 0 unspecified atom stereocenters. The normalized spacial score (nSPS) is 11.5.